The highest BCUT2D eigenvalue weighted by atomic mass is 32.2. The molecule has 0 aliphatic carbocycles. The molecule has 2 heterocycles. The Kier molecular flexibility index (Phi) is 5.25. The number of aromatic nitrogens is 1. The van der Waals surface area contributed by atoms with Crippen molar-refractivity contribution in [3.8, 4) is 0 Å². The minimum absolute atomic E-state index is 0.0635. The van der Waals surface area contributed by atoms with E-state index < -0.39 is 21.9 Å². The van der Waals surface area contributed by atoms with Gasteiger partial charge in [-0.15, -0.1) is 0 Å². The van der Waals surface area contributed by atoms with E-state index in [0.29, 0.717) is 19.4 Å². The van der Waals surface area contributed by atoms with E-state index in [2.05, 4.69) is 4.98 Å². The molecule has 120 valence electrons. The summed E-state index contributed by atoms with van der Waals surface area (Å²) in [5.74, 6) is -1.31. The Balaban J connectivity index is 2.07. The number of carbonyl (C=O) groups is 2. The molecule has 1 aromatic rings. The predicted molar refractivity (Wildman–Crippen MR) is 77.4 cm³/mol. The Bertz CT molecular complexity index is 644. The van der Waals surface area contributed by atoms with Crippen molar-refractivity contribution in [1.29, 1.82) is 0 Å². The number of nitrogens with zero attached hydrogens (tertiary/aromatic N) is 2. The van der Waals surface area contributed by atoms with Crippen LogP contribution >= 0.6 is 0 Å². The molecule has 8 heteroatoms. The van der Waals surface area contributed by atoms with E-state index in [9.17, 15) is 18.0 Å². The largest absolute Gasteiger partial charge is 0.457 e. The smallest absolute Gasteiger partial charge is 0.310 e. The molecular weight excluding hydrogens is 308 g/mol. The Morgan fingerprint density at radius 1 is 1.45 bits per heavy atom. The van der Waals surface area contributed by atoms with E-state index in [-0.39, 0.29) is 23.8 Å². The van der Waals surface area contributed by atoms with E-state index in [1.54, 1.807) is 6.07 Å². The van der Waals surface area contributed by atoms with Crippen LogP contribution in [0.2, 0.25) is 0 Å². The van der Waals surface area contributed by atoms with Gasteiger partial charge < -0.3 is 4.74 Å². The van der Waals surface area contributed by atoms with Gasteiger partial charge in [0.2, 0.25) is 10.0 Å². The molecule has 1 atom stereocenters. The van der Waals surface area contributed by atoms with E-state index in [4.69, 9.17) is 4.74 Å². The van der Waals surface area contributed by atoms with Crippen LogP contribution in [0.3, 0.4) is 0 Å². The van der Waals surface area contributed by atoms with Crippen molar-refractivity contribution in [2.45, 2.75) is 24.7 Å². The van der Waals surface area contributed by atoms with Gasteiger partial charge in [0, 0.05) is 25.5 Å². The first-order chi connectivity index (χ1) is 10.4. The van der Waals surface area contributed by atoms with Gasteiger partial charge >= 0.3 is 5.97 Å². The number of hydrogen-bond donors (Lipinski definition) is 0. The SMILES string of the molecule is CC(=O)COC(=O)[C@@H]1CCCN(S(=O)(=O)c2cccnc2)C1. The zero-order valence-electron chi connectivity index (χ0n) is 12.3. The molecule has 1 saturated heterocycles. The number of ether oxygens (including phenoxy) is 1. The average molecular weight is 326 g/mol. The van der Waals surface area contributed by atoms with Gasteiger partial charge in [0.15, 0.2) is 5.78 Å². The fourth-order valence-corrected chi connectivity index (χ4v) is 3.78. The number of rotatable bonds is 5. The number of hydrogen-bond acceptors (Lipinski definition) is 6. The maximum Gasteiger partial charge on any atom is 0.310 e. The monoisotopic (exact) mass is 326 g/mol. The van der Waals surface area contributed by atoms with Gasteiger partial charge in [0.1, 0.15) is 11.5 Å². The van der Waals surface area contributed by atoms with Gasteiger partial charge in [-0.3, -0.25) is 14.6 Å². The fraction of sp³-hybridized carbons (Fsp3) is 0.500. The number of piperidine rings is 1. The van der Waals surface area contributed by atoms with Crippen molar-refractivity contribution in [3.05, 3.63) is 24.5 Å². The van der Waals surface area contributed by atoms with Crippen LogP contribution in [0.15, 0.2) is 29.4 Å². The maximum atomic E-state index is 12.5. The first kappa shape index (κ1) is 16.6. The Hall–Kier alpha value is -1.80. The first-order valence-corrected chi connectivity index (χ1v) is 8.41. The summed E-state index contributed by atoms with van der Waals surface area (Å²) in [6.07, 6.45) is 3.90. The molecule has 1 aliphatic rings. The van der Waals surface area contributed by atoms with E-state index in [0.717, 1.165) is 0 Å². The van der Waals surface area contributed by atoms with Crippen LogP contribution < -0.4 is 0 Å². The summed E-state index contributed by atoms with van der Waals surface area (Å²) in [4.78, 5) is 26.7. The second kappa shape index (κ2) is 6.97. The second-order valence-electron chi connectivity index (χ2n) is 5.20. The van der Waals surface area contributed by atoms with Gasteiger partial charge in [-0.1, -0.05) is 0 Å². The molecule has 2 rings (SSSR count). The second-order valence-corrected chi connectivity index (χ2v) is 7.14. The molecule has 0 spiro atoms. The zero-order chi connectivity index (χ0) is 16.2. The summed E-state index contributed by atoms with van der Waals surface area (Å²) < 4.78 is 31.2. The van der Waals surface area contributed by atoms with Crippen LogP contribution in [-0.4, -0.2) is 49.2 Å². The highest BCUT2D eigenvalue weighted by Crippen LogP contribution is 2.24. The number of pyridine rings is 1. The van der Waals surface area contributed by atoms with Crippen molar-refractivity contribution in [3.63, 3.8) is 0 Å². The lowest BCUT2D eigenvalue weighted by atomic mass is 10.00. The van der Waals surface area contributed by atoms with Crippen LogP contribution in [-0.2, 0) is 24.3 Å². The van der Waals surface area contributed by atoms with Crippen LogP contribution in [0.5, 0.6) is 0 Å². The molecule has 0 unspecified atom stereocenters. The van der Waals surface area contributed by atoms with Gasteiger partial charge in [-0.05, 0) is 31.9 Å². The van der Waals surface area contributed by atoms with Crippen molar-refractivity contribution < 1.29 is 22.7 Å². The Labute approximate surface area is 129 Å². The third kappa shape index (κ3) is 3.89. The molecule has 0 saturated carbocycles. The summed E-state index contributed by atoms with van der Waals surface area (Å²) >= 11 is 0. The normalized spacial score (nSPS) is 19.6. The van der Waals surface area contributed by atoms with Gasteiger partial charge in [-0.2, -0.15) is 4.31 Å². The zero-order valence-corrected chi connectivity index (χ0v) is 13.1. The molecule has 0 N–H and O–H groups in total. The van der Waals surface area contributed by atoms with Crippen LogP contribution in [0, 0.1) is 5.92 Å². The molecule has 0 radical (unpaired) electrons. The van der Waals surface area contributed by atoms with Gasteiger partial charge in [0.25, 0.3) is 0 Å². The summed E-state index contributed by atoms with van der Waals surface area (Å²) in [6, 6.07) is 3.02. The van der Waals surface area contributed by atoms with Gasteiger partial charge in [-0.25, -0.2) is 8.42 Å². The van der Waals surface area contributed by atoms with Gasteiger partial charge in [0.05, 0.1) is 5.92 Å². The summed E-state index contributed by atoms with van der Waals surface area (Å²) in [6.45, 7) is 1.47. The quantitative estimate of drug-likeness (QED) is 0.736. The molecule has 1 aliphatic heterocycles. The number of sulfonamides is 1. The number of Topliss-reactive ketones (excluding diaryl/α,β-unsaturated/α-hetero) is 1. The molecule has 7 nitrogen and oxygen atoms in total. The molecule has 1 fully saturated rings. The van der Waals surface area contributed by atoms with Crippen molar-refractivity contribution in [2.24, 2.45) is 5.92 Å². The third-order valence-corrected chi connectivity index (χ3v) is 5.26. The summed E-state index contributed by atoms with van der Waals surface area (Å²) in [5, 5.41) is 0. The lowest BCUT2D eigenvalue weighted by Crippen LogP contribution is -2.42. The van der Waals surface area contributed by atoms with Crippen LogP contribution in [0.1, 0.15) is 19.8 Å². The van der Waals surface area contributed by atoms with Crippen molar-refractivity contribution >= 4 is 21.8 Å². The number of esters is 1. The minimum Gasteiger partial charge on any atom is -0.457 e. The molecule has 22 heavy (non-hydrogen) atoms. The van der Waals surface area contributed by atoms with E-state index >= 15 is 0 Å². The minimum atomic E-state index is -3.66. The third-order valence-electron chi connectivity index (χ3n) is 3.41. The average Bonchev–Trinajstić information content (AvgIpc) is 2.53. The summed E-state index contributed by atoms with van der Waals surface area (Å²) in [7, 11) is -3.66. The predicted octanol–water partition coefficient (Wildman–Crippen LogP) is 0.614. The molecule has 0 amide bonds. The van der Waals surface area contributed by atoms with Crippen molar-refractivity contribution in [1.82, 2.24) is 9.29 Å². The molecule has 0 aromatic carbocycles. The number of ketones is 1. The Morgan fingerprint density at radius 2 is 2.23 bits per heavy atom. The first-order valence-electron chi connectivity index (χ1n) is 6.97. The molecular formula is C14H18N2O5S. The topological polar surface area (TPSA) is 93.6 Å². The fourth-order valence-electron chi connectivity index (χ4n) is 2.29. The maximum absolute atomic E-state index is 12.5. The Morgan fingerprint density at radius 3 is 2.86 bits per heavy atom. The summed E-state index contributed by atoms with van der Waals surface area (Å²) in [5.41, 5.74) is 0. The highest BCUT2D eigenvalue weighted by Gasteiger charge is 2.34. The van der Waals surface area contributed by atoms with E-state index in [1.165, 1.54) is 29.7 Å². The standard InChI is InChI=1S/C14H18N2O5S/c1-11(17)10-21-14(18)12-4-3-7-16(9-12)22(19,20)13-5-2-6-15-8-13/h2,5-6,8,12H,3-4,7,9-10H2,1H3/t12-/m1/s1. The van der Waals surface area contributed by atoms with E-state index in [1.807, 2.05) is 0 Å². The van der Waals surface area contributed by atoms with Crippen LogP contribution in [0.4, 0.5) is 0 Å². The van der Waals surface area contributed by atoms with Crippen molar-refractivity contribution in [2.75, 3.05) is 19.7 Å². The molecule has 0 bridgehead atoms. The lowest BCUT2D eigenvalue weighted by molar-refractivity contribution is -0.152. The number of carbonyl (C=O) groups excluding carboxylic acids is 2. The highest BCUT2D eigenvalue weighted by molar-refractivity contribution is 7.89. The lowest BCUT2D eigenvalue weighted by Gasteiger charge is -2.30. The molecule has 1 aromatic heterocycles. The van der Waals surface area contributed by atoms with Crippen LogP contribution in [0.25, 0.3) is 0 Å².